The number of ether oxygens (including phenoxy) is 2. The van der Waals surface area contributed by atoms with E-state index in [0.717, 1.165) is 0 Å². The van der Waals surface area contributed by atoms with Gasteiger partial charge >= 0.3 is 0 Å². The van der Waals surface area contributed by atoms with Crippen molar-refractivity contribution in [1.82, 2.24) is 0 Å². The molecule has 0 spiro atoms. The Balaban J connectivity index is 2.30. The second-order valence-corrected chi connectivity index (χ2v) is 2.27. The molecule has 0 aromatic carbocycles. The lowest BCUT2D eigenvalue weighted by molar-refractivity contribution is -0.0160. The quantitative estimate of drug-likeness (QED) is 0.541. The van der Waals surface area contributed by atoms with Crippen molar-refractivity contribution in [3.63, 3.8) is 0 Å². The van der Waals surface area contributed by atoms with Gasteiger partial charge in [0.15, 0.2) is 6.29 Å². The second kappa shape index (κ2) is 3.54. The van der Waals surface area contributed by atoms with Crippen LogP contribution < -0.4 is 0 Å². The van der Waals surface area contributed by atoms with E-state index in [-0.39, 0.29) is 12.4 Å². The molecular formula is C8H12O2. The molecule has 1 aliphatic rings. The van der Waals surface area contributed by atoms with Gasteiger partial charge in [-0.05, 0) is 13.0 Å². The number of hydrogen-bond acceptors (Lipinski definition) is 2. The van der Waals surface area contributed by atoms with Gasteiger partial charge in [0, 0.05) is 0 Å². The fourth-order valence-electron chi connectivity index (χ4n) is 0.808. The molecular weight excluding hydrogens is 128 g/mol. The van der Waals surface area contributed by atoms with Gasteiger partial charge in [0.2, 0.25) is 0 Å². The minimum Gasteiger partial charge on any atom is -0.346 e. The molecule has 10 heavy (non-hydrogen) atoms. The largest absolute Gasteiger partial charge is 0.346 e. The molecule has 2 heteroatoms. The van der Waals surface area contributed by atoms with Crippen molar-refractivity contribution in [2.45, 2.75) is 19.3 Å². The predicted octanol–water partition coefficient (Wildman–Crippen LogP) is 1.49. The number of rotatable bonds is 2. The molecule has 0 amide bonds. The Hall–Kier alpha value is -0.600. The molecule has 0 bridgehead atoms. The van der Waals surface area contributed by atoms with Gasteiger partial charge < -0.3 is 9.47 Å². The summed E-state index contributed by atoms with van der Waals surface area (Å²) in [4.78, 5) is 0. The van der Waals surface area contributed by atoms with Gasteiger partial charge in [-0.25, -0.2) is 0 Å². The van der Waals surface area contributed by atoms with Crippen LogP contribution in [0.15, 0.2) is 24.8 Å². The number of hydrogen-bond donors (Lipinski definition) is 0. The maximum atomic E-state index is 5.31. The normalized spacial score (nSPS) is 33.3. The van der Waals surface area contributed by atoms with E-state index in [2.05, 4.69) is 6.58 Å². The fourth-order valence-corrected chi connectivity index (χ4v) is 0.808. The molecule has 0 aliphatic carbocycles. The Labute approximate surface area is 61.1 Å². The highest BCUT2D eigenvalue weighted by molar-refractivity contribution is 4.99. The lowest BCUT2D eigenvalue weighted by Crippen LogP contribution is -2.05. The maximum absolute atomic E-state index is 5.31. The SMILES string of the molecule is C=C/C=C/C1OCC(C)O1. The molecule has 0 N–H and O–H groups in total. The van der Waals surface area contributed by atoms with Gasteiger partial charge in [0.25, 0.3) is 0 Å². The zero-order chi connectivity index (χ0) is 7.40. The van der Waals surface area contributed by atoms with E-state index >= 15 is 0 Å². The topological polar surface area (TPSA) is 18.5 Å². The van der Waals surface area contributed by atoms with Gasteiger partial charge in [-0.1, -0.05) is 18.7 Å². The first-order valence-electron chi connectivity index (χ1n) is 3.39. The Bertz CT molecular complexity index is 140. The Morgan fingerprint density at radius 3 is 2.90 bits per heavy atom. The highest BCUT2D eigenvalue weighted by Gasteiger charge is 2.18. The maximum Gasteiger partial charge on any atom is 0.177 e. The fraction of sp³-hybridized carbons (Fsp3) is 0.500. The minimum absolute atomic E-state index is 0.159. The summed E-state index contributed by atoms with van der Waals surface area (Å²) in [6.07, 6.45) is 5.43. The first-order valence-corrected chi connectivity index (χ1v) is 3.39. The van der Waals surface area contributed by atoms with Crippen LogP contribution in [0.5, 0.6) is 0 Å². The average Bonchev–Trinajstić information content (AvgIpc) is 2.31. The van der Waals surface area contributed by atoms with Crippen LogP contribution in [0.25, 0.3) is 0 Å². The van der Waals surface area contributed by atoms with Crippen molar-refractivity contribution >= 4 is 0 Å². The number of allylic oxidation sites excluding steroid dienone is 2. The van der Waals surface area contributed by atoms with Crippen molar-refractivity contribution in [1.29, 1.82) is 0 Å². The van der Waals surface area contributed by atoms with E-state index in [9.17, 15) is 0 Å². The van der Waals surface area contributed by atoms with Crippen molar-refractivity contribution in [2.75, 3.05) is 6.61 Å². The molecule has 2 atom stereocenters. The van der Waals surface area contributed by atoms with Crippen LogP contribution in [0.3, 0.4) is 0 Å². The highest BCUT2D eigenvalue weighted by atomic mass is 16.7. The van der Waals surface area contributed by atoms with Crippen LogP contribution in [0.2, 0.25) is 0 Å². The highest BCUT2D eigenvalue weighted by Crippen LogP contribution is 2.11. The Morgan fingerprint density at radius 2 is 2.40 bits per heavy atom. The Kier molecular flexibility index (Phi) is 2.66. The van der Waals surface area contributed by atoms with Crippen LogP contribution in [0.1, 0.15) is 6.92 Å². The van der Waals surface area contributed by atoms with E-state index in [1.807, 2.05) is 19.1 Å². The van der Waals surface area contributed by atoms with E-state index < -0.39 is 0 Å². The monoisotopic (exact) mass is 140 g/mol. The third kappa shape index (κ3) is 1.97. The van der Waals surface area contributed by atoms with Crippen molar-refractivity contribution in [2.24, 2.45) is 0 Å². The molecule has 0 radical (unpaired) electrons. The third-order valence-electron chi connectivity index (χ3n) is 1.27. The minimum atomic E-state index is -0.159. The first kappa shape index (κ1) is 7.51. The second-order valence-electron chi connectivity index (χ2n) is 2.27. The summed E-state index contributed by atoms with van der Waals surface area (Å²) in [7, 11) is 0. The van der Waals surface area contributed by atoms with Gasteiger partial charge in [-0.3, -0.25) is 0 Å². The van der Waals surface area contributed by atoms with Crippen molar-refractivity contribution in [3.8, 4) is 0 Å². The molecule has 1 saturated heterocycles. The van der Waals surface area contributed by atoms with Gasteiger partial charge in [0.05, 0.1) is 12.7 Å². The molecule has 1 aliphatic heterocycles. The predicted molar refractivity (Wildman–Crippen MR) is 39.6 cm³/mol. The van der Waals surface area contributed by atoms with Gasteiger partial charge in [0.1, 0.15) is 0 Å². The molecule has 2 unspecified atom stereocenters. The van der Waals surface area contributed by atoms with Gasteiger partial charge in [-0.15, -0.1) is 0 Å². The molecule has 1 heterocycles. The molecule has 1 rings (SSSR count). The molecule has 0 aromatic heterocycles. The summed E-state index contributed by atoms with van der Waals surface area (Å²) in [6.45, 7) is 6.22. The van der Waals surface area contributed by atoms with E-state index in [1.54, 1.807) is 6.08 Å². The van der Waals surface area contributed by atoms with Crippen LogP contribution in [0, 0.1) is 0 Å². The van der Waals surface area contributed by atoms with Crippen molar-refractivity contribution < 1.29 is 9.47 Å². The van der Waals surface area contributed by atoms with Crippen LogP contribution in [0.4, 0.5) is 0 Å². The summed E-state index contributed by atoms with van der Waals surface area (Å²) in [6, 6.07) is 0. The zero-order valence-electron chi connectivity index (χ0n) is 6.12. The molecule has 2 nitrogen and oxygen atoms in total. The Morgan fingerprint density at radius 1 is 1.60 bits per heavy atom. The summed E-state index contributed by atoms with van der Waals surface area (Å²) in [5, 5.41) is 0. The lowest BCUT2D eigenvalue weighted by atomic mass is 10.4. The first-order chi connectivity index (χ1) is 4.83. The smallest absolute Gasteiger partial charge is 0.177 e. The average molecular weight is 140 g/mol. The summed E-state index contributed by atoms with van der Waals surface area (Å²) >= 11 is 0. The molecule has 0 saturated carbocycles. The lowest BCUT2D eigenvalue weighted by Gasteiger charge is -2.01. The standard InChI is InChI=1S/C8H12O2/c1-3-4-5-8-9-6-7(2)10-8/h3-5,7-8H,1,6H2,2H3/b5-4+. The van der Waals surface area contributed by atoms with Crippen LogP contribution in [-0.2, 0) is 9.47 Å². The summed E-state index contributed by atoms with van der Waals surface area (Å²) in [5.74, 6) is 0. The van der Waals surface area contributed by atoms with E-state index in [1.165, 1.54) is 0 Å². The molecule has 56 valence electrons. The zero-order valence-corrected chi connectivity index (χ0v) is 6.12. The molecule has 0 aromatic rings. The van der Waals surface area contributed by atoms with Crippen molar-refractivity contribution in [3.05, 3.63) is 24.8 Å². The summed E-state index contributed by atoms with van der Waals surface area (Å²) in [5.41, 5.74) is 0. The molecule has 1 fully saturated rings. The summed E-state index contributed by atoms with van der Waals surface area (Å²) < 4.78 is 10.5. The van der Waals surface area contributed by atoms with Crippen LogP contribution >= 0.6 is 0 Å². The van der Waals surface area contributed by atoms with E-state index in [4.69, 9.17) is 9.47 Å². The van der Waals surface area contributed by atoms with E-state index in [0.29, 0.717) is 6.61 Å². The van der Waals surface area contributed by atoms with Gasteiger partial charge in [-0.2, -0.15) is 0 Å². The third-order valence-corrected chi connectivity index (χ3v) is 1.27. The van der Waals surface area contributed by atoms with Crippen LogP contribution in [-0.4, -0.2) is 19.0 Å².